The normalized spacial score (nSPS) is 23.6. The summed E-state index contributed by atoms with van der Waals surface area (Å²) >= 11 is 0. The van der Waals surface area contributed by atoms with Crippen LogP contribution in [-0.4, -0.2) is 30.6 Å². The highest BCUT2D eigenvalue weighted by molar-refractivity contribution is 5.05. The summed E-state index contributed by atoms with van der Waals surface area (Å²) in [4.78, 5) is 2.52. The van der Waals surface area contributed by atoms with Gasteiger partial charge in [0, 0.05) is 24.7 Å². The number of rotatable bonds is 3. The molecular formula is C13H22N2O. The Bertz CT molecular complexity index is 295. The van der Waals surface area contributed by atoms with Crippen molar-refractivity contribution < 1.29 is 4.42 Å². The standard InChI is InChI=1S/C13H22N2O/c1-11(2)13-9-15(6-3-5-14-13)8-12-4-7-16-10-12/h4,7,10-11,13-14H,3,5-6,8-9H2,1-2H3. The Morgan fingerprint density at radius 1 is 1.56 bits per heavy atom. The molecular weight excluding hydrogens is 200 g/mol. The summed E-state index contributed by atoms with van der Waals surface area (Å²) in [6, 6.07) is 2.68. The zero-order valence-corrected chi connectivity index (χ0v) is 10.3. The minimum absolute atomic E-state index is 0.620. The van der Waals surface area contributed by atoms with Crippen LogP contribution in [0.5, 0.6) is 0 Å². The van der Waals surface area contributed by atoms with Gasteiger partial charge in [-0.3, -0.25) is 4.90 Å². The van der Waals surface area contributed by atoms with Crippen LogP contribution in [-0.2, 0) is 6.54 Å². The molecule has 1 aromatic rings. The first-order chi connectivity index (χ1) is 7.75. The van der Waals surface area contributed by atoms with E-state index in [1.165, 1.54) is 18.5 Å². The van der Waals surface area contributed by atoms with Crippen molar-refractivity contribution in [1.82, 2.24) is 10.2 Å². The second-order valence-electron chi connectivity index (χ2n) is 5.02. The molecule has 3 heteroatoms. The van der Waals surface area contributed by atoms with E-state index in [-0.39, 0.29) is 0 Å². The molecule has 1 aromatic heterocycles. The summed E-state index contributed by atoms with van der Waals surface area (Å²) < 4.78 is 5.12. The van der Waals surface area contributed by atoms with Crippen LogP contribution in [0.4, 0.5) is 0 Å². The SMILES string of the molecule is CC(C)C1CN(Cc2ccoc2)CCCN1. The van der Waals surface area contributed by atoms with E-state index in [1.807, 2.05) is 6.26 Å². The molecule has 2 heterocycles. The molecule has 1 aliphatic rings. The monoisotopic (exact) mass is 222 g/mol. The fraction of sp³-hybridized carbons (Fsp3) is 0.692. The van der Waals surface area contributed by atoms with Gasteiger partial charge < -0.3 is 9.73 Å². The Balaban J connectivity index is 1.92. The van der Waals surface area contributed by atoms with Crippen molar-refractivity contribution in [2.45, 2.75) is 32.9 Å². The lowest BCUT2D eigenvalue weighted by Gasteiger charge is -2.26. The van der Waals surface area contributed by atoms with Crippen LogP contribution in [0, 0.1) is 5.92 Å². The van der Waals surface area contributed by atoms with Crippen molar-refractivity contribution in [3.05, 3.63) is 24.2 Å². The first-order valence-corrected chi connectivity index (χ1v) is 6.22. The van der Waals surface area contributed by atoms with Gasteiger partial charge in [-0.2, -0.15) is 0 Å². The molecule has 3 nitrogen and oxygen atoms in total. The highest BCUT2D eigenvalue weighted by Gasteiger charge is 2.20. The molecule has 1 unspecified atom stereocenters. The van der Waals surface area contributed by atoms with Gasteiger partial charge in [-0.1, -0.05) is 13.8 Å². The summed E-state index contributed by atoms with van der Waals surface area (Å²) in [5.74, 6) is 0.699. The van der Waals surface area contributed by atoms with Gasteiger partial charge in [-0.05, 0) is 31.5 Å². The van der Waals surface area contributed by atoms with E-state index in [4.69, 9.17) is 4.42 Å². The van der Waals surface area contributed by atoms with Crippen LogP contribution in [0.1, 0.15) is 25.8 Å². The van der Waals surface area contributed by atoms with E-state index in [0.29, 0.717) is 12.0 Å². The molecule has 1 atom stereocenters. The van der Waals surface area contributed by atoms with Crippen molar-refractivity contribution >= 4 is 0 Å². The van der Waals surface area contributed by atoms with Crippen LogP contribution >= 0.6 is 0 Å². The number of nitrogens with zero attached hydrogens (tertiary/aromatic N) is 1. The first-order valence-electron chi connectivity index (χ1n) is 6.22. The second kappa shape index (κ2) is 5.51. The first kappa shape index (κ1) is 11.7. The van der Waals surface area contributed by atoms with Gasteiger partial charge in [-0.15, -0.1) is 0 Å². The lowest BCUT2D eigenvalue weighted by molar-refractivity contribution is 0.238. The molecule has 1 aliphatic heterocycles. The minimum Gasteiger partial charge on any atom is -0.472 e. The van der Waals surface area contributed by atoms with Gasteiger partial charge in [0.1, 0.15) is 0 Å². The topological polar surface area (TPSA) is 28.4 Å². The highest BCUT2D eigenvalue weighted by Crippen LogP contribution is 2.12. The number of hydrogen-bond donors (Lipinski definition) is 1. The lowest BCUT2D eigenvalue weighted by Crippen LogP contribution is -2.40. The Labute approximate surface area is 97.8 Å². The quantitative estimate of drug-likeness (QED) is 0.849. The van der Waals surface area contributed by atoms with Gasteiger partial charge in [0.25, 0.3) is 0 Å². The molecule has 1 N–H and O–H groups in total. The van der Waals surface area contributed by atoms with Crippen molar-refractivity contribution in [2.75, 3.05) is 19.6 Å². The third-order valence-corrected chi connectivity index (χ3v) is 3.30. The summed E-state index contributed by atoms with van der Waals surface area (Å²) in [6.07, 6.45) is 4.84. The predicted octanol–water partition coefficient (Wildman–Crippen LogP) is 2.10. The van der Waals surface area contributed by atoms with Crippen LogP contribution in [0.2, 0.25) is 0 Å². The fourth-order valence-corrected chi connectivity index (χ4v) is 2.26. The number of hydrogen-bond acceptors (Lipinski definition) is 3. The van der Waals surface area contributed by atoms with Crippen molar-refractivity contribution in [3.63, 3.8) is 0 Å². The van der Waals surface area contributed by atoms with E-state index in [1.54, 1.807) is 6.26 Å². The molecule has 90 valence electrons. The van der Waals surface area contributed by atoms with Crippen LogP contribution in [0.3, 0.4) is 0 Å². The van der Waals surface area contributed by atoms with E-state index in [2.05, 4.69) is 30.1 Å². The molecule has 2 rings (SSSR count). The molecule has 1 saturated heterocycles. The van der Waals surface area contributed by atoms with E-state index in [0.717, 1.165) is 19.6 Å². The molecule has 0 spiro atoms. The maximum absolute atomic E-state index is 5.12. The average Bonchev–Trinajstić information content (AvgIpc) is 2.62. The zero-order valence-electron chi connectivity index (χ0n) is 10.3. The van der Waals surface area contributed by atoms with Crippen LogP contribution in [0.25, 0.3) is 0 Å². The van der Waals surface area contributed by atoms with Crippen molar-refractivity contribution in [2.24, 2.45) is 5.92 Å². The average molecular weight is 222 g/mol. The van der Waals surface area contributed by atoms with Gasteiger partial charge >= 0.3 is 0 Å². The number of furan rings is 1. The molecule has 16 heavy (non-hydrogen) atoms. The summed E-state index contributed by atoms with van der Waals surface area (Å²) in [5, 5.41) is 3.63. The molecule has 0 aliphatic carbocycles. The largest absolute Gasteiger partial charge is 0.472 e. The third-order valence-electron chi connectivity index (χ3n) is 3.30. The van der Waals surface area contributed by atoms with Crippen LogP contribution in [0.15, 0.2) is 23.0 Å². The Hall–Kier alpha value is -0.800. The third kappa shape index (κ3) is 3.09. The fourth-order valence-electron chi connectivity index (χ4n) is 2.26. The summed E-state index contributed by atoms with van der Waals surface area (Å²) in [7, 11) is 0. The lowest BCUT2D eigenvalue weighted by atomic mass is 10.0. The molecule has 1 fully saturated rings. The van der Waals surface area contributed by atoms with Gasteiger partial charge in [-0.25, -0.2) is 0 Å². The second-order valence-corrected chi connectivity index (χ2v) is 5.02. The molecule has 0 saturated carbocycles. The van der Waals surface area contributed by atoms with Crippen molar-refractivity contribution in [1.29, 1.82) is 0 Å². The summed E-state index contributed by atoms with van der Waals surface area (Å²) in [5.41, 5.74) is 1.28. The molecule has 0 radical (unpaired) electrons. The van der Waals surface area contributed by atoms with Gasteiger partial charge in [0.05, 0.1) is 12.5 Å². The van der Waals surface area contributed by atoms with E-state index in [9.17, 15) is 0 Å². The molecule has 0 amide bonds. The molecule has 0 bridgehead atoms. The Morgan fingerprint density at radius 3 is 3.12 bits per heavy atom. The maximum atomic E-state index is 5.12. The predicted molar refractivity (Wildman–Crippen MR) is 65.2 cm³/mol. The van der Waals surface area contributed by atoms with E-state index >= 15 is 0 Å². The zero-order chi connectivity index (χ0) is 11.4. The summed E-state index contributed by atoms with van der Waals surface area (Å²) in [6.45, 7) is 9.06. The highest BCUT2D eigenvalue weighted by atomic mass is 16.3. The van der Waals surface area contributed by atoms with Crippen LogP contribution < -0.4 is 5.32 Å². The maximum Gasteiger partial charge on any atom is 0.0947 e. The minimum atomic E-state index is 0.620. The number of nitrogens with one attached hydrogen (secondary N) is 1. The molecule has 0 aromatic carbocycles. The van der Waals surface area contributed by atoms with Gasteiger partial charge in [0.2, 0.25) is 0 Å². The van der Waals surface area contributed by atoms with Gasteiger partial charge in [0.15, 0.2) is 0 Å². The van der Waals surface area contributed by atoms with Crippen molar-refractivity contribution in [3.8, 4) is 0 Å². The van der Waals surface area contributed by atoms with E-state index < -0.39 is 0 Å². The Morgan fingerprint density at radius 2 is 2.44 bits per heavy atom. The smallest absolute Gasteiger partial charge is 0.0947 e. The Kier molecular flexibility index (Phi) is 4.02.